The molecule has 0 aliphatic carbocycles. The smallest absolute Gasteiger partial charge is 0.129 e. The summed E-state index contributed by atoms with van der Waals surface area (Å²) in [5.41, 5.74) is 20.7. The topological polar surface area (TPSA) is 19.1 Å². The molecule has 0 amide bonds. The van der Waals surface area contributed by atoms with Crippen LogP contribution in [0.25, 0.3) is 111 Å². The van der Waals surface area contributed by atoms with Crippen LogP contribution in [0.4, 0.5) is 0 Å². The Kier molecular flexibility index (Phi) is 6.50. The minimum Gasteiger partial charge on any atom is -0.488 e. The highest BCUT2D eigenvalue weighted by Gasteiger charge is 2.30. The van der Waals surface area contributed by atoms with Crippen molar-refractivity contribution in [1.82, 2.24) is 9.13 Å². The summed E-state index contributed by atoms with van der Waals surface area (Å²) >= 11 is 0. The van der Waals surface area contributed by atoms with E-state index in [9.17, 15) is 0 Å². The van der Waals surface area contributed by atoms with E-state index in [-0.39, 0.29) is 0 Å². The maximum absolute atomic E-state index is 6.37. The number of hydrogen-bond acceptors (Lipinski definition) is 1. The molecule has 0 bridgehead atoms. The number of fused-ring (bicyclic) bond motifs is 8. The average molecular weight is 739 g/mol. The van der Waals surface area contributed by atoms with Gasteiger partial charge in [0, 0.05) is 43.8 Å². The number of para-hydroxylation sites is 3. The zero-order chi connectivity index (χ0) is 37.9. The van der Waals surface area contributed by atoms with E-state index >= 15 is 0 Å². The Bertz CT molecular complexity index is 3510. The van der Waals surface area contributed by atoms with E-state index in [4.69, 9.17) is 4.74 Å². The normalized spacial score (nSPS) is 12.6. The Hall–Kier alpha value is -7.62. The van der Waals surface area contributed by atoms with Crippen molar-refractivity contribution in [3.05, 3.63) is 200 Å². The lowest BCUT2D eigenvalue weighted by Gasteiger charge is -2.24. The molecule has 3 nitrogen and oxygen atoms in total. The Balaban J connectivity index is 0.996. The van der Waals surface area contributed by atoms with Crippen molar-refractivity contribution >= 4 is 43.6 Å². The van der Waals surface area contributed by atoms with Gasteiger partial charge >= 0.3 is 0 Å². The van der Waals surface area contributed by atoms with Gasteiger partial charge in [0.15, 0.2) is 0 Å². The summed E-state index contributed by atoms with van der Waals surface area (Å²) in [6.07, 6.45) is 0. The molecule has 0 N–H and O–H groups in total. The van der Waals surface area contributed by atoms with E-state index < -0.39 is 0 Å². The van der Waals surface area contributed by atoms with Gasteiger partial charge in [-0.25, -0.2) is 0 Å². The predicted molar refractivity (Wildman–Crippen MR) is 240 cm³/mol. The third-order valence-electron chi connectivity index (χ3n) is 12.5. The van der Waals surface area contributed by atoms with Crippen LogP contribution in [0.2, 0.25) is 0 Å². The molecule has 270 valence electrons. The fourth-order valence-corrected chi connectivity index (χ4v) is 10.0. The standard InChI is InChI=1S/C55H34N2O/c1-2-12-34(13-3-1)35-14-8-15-38(30-35)40-17-4-6-22-47(40)56-48-23-7-5-18-41(48)45-31-36(26-28-49(45)56)37-27-29-50-46(32-37)44-21-10-20-43-42-19-9-16-39-33-58-52-25-11-24-51(54(52)53(39)42)57(50)55(43)44/h1-32H,33H2. The Morgan fingerprint density at radius 2 is 0.948 bits per heavy atom. The maximum Gasteiger partial charge on any atom is 0.129 e. The van der Waals surface area contributed by atoms with Crippen LogP contribution < -0.4 is 4.74 Å². The number of benzene rings is 9. The van der Waals surface area contributed by atoms with Crippen LogP contribution in [-0.2, 0) is 6.61 Å². The molecule has 4 heterocycles. The molecule has 0 saturated heterocycles. The molecular formula is C55H34N2O. The fourth-order valence-electron chi connectivity index (χ4n) is 10.0. The van der Waals surface area contributed by atoms with Gasteiger partial charge in [-0.05, 0) is 93.5 Å². The first-order chi connectivity index (χ1) is 28.8. The van der Waals surface area contributed by atoms with Crippen molar-refractivity contribution in [3.63, 3.8) is 0 Å². The molecule has 2 aromatic heterocycles. The summed E-state index contributed by atoms with van der Waals surface area (Å²) in [4.78, 5) is 0. The third-order valence-corrected chi connectivity index (χ3v) is 12.5. The van der Waals surface area contributed by atoms with Gasteiger partial charge in [-0.3, -0.25) is 0 Å². The van der Waals surface area contributed by atoms with Gasteiger partial charge in [0.05, 0.1) is 33.4 Å². The third kappa shape index (κ3) is 4.38. The largest absolute Gasteiger partial charge is 0.488 e. The van der Waals surface area contributed by atoms with Gasteiger partial charge in [-0.2, -0.15) is 0 Å². The second kappa shape index (κ2) is 11.9. The Morgan fingerprint density at radius 3 is 1.84 bits per heavy atom. The maximum atomic E-state index is 6.37. The summed E-state index contributed by atoms with van der Waals surface area (Å²) < 4.78 is 11.3. The summed E-state index contributed by atoms with van der Waals surface area (Å²) in [7, 11) is 0. The molecule has 0 atom stereocenters. The quantitative estimate of drug-likeness (QED) is 0.176. The number of ether oxygens (including phenoxy) is 1. The molecule has 0 unspecified atom stereocenters. The Morgan fingerprint density at radius 1 is 0.345 bits per heavy atom. The van der Waals surface area contributed by atoms with Crippen LogP contribution in [0.5, 0.6) is 5.75 Å². The molecule has 58 heavy (non-hydrogen) atoms. The highest BCUT2D eigenvalue weighted by molar-refractivity contribution is 6.18. The number of hydrogen-bond donors (Lipinski definition) is 0. The van der Waals surface area contributed by atoms with E-state index in [1.54, 1.807) is 0 Å². The molecule has 11 aromatic rings. The van der Waals surface area contributed by atoms with Crippen molar-refractivity contribution < 1.29 is 4.74 Å². The van der Waals surface area contributed by atoms with E-state index in [2.05, 4.69) is 203 Å². The van der Waals surface area contributed by atoms with Crippen molar-refractivity contribution in [1.29, 1.82) is 0 Å². The van der Waals surface area contributed by atoms with Crippen LogP contribution in [-0.4, -0.2) is 9.13 Å². The Labute approximate surface area is 335 Å². The zero-order valence-corrected chi connectivity index (χ0v) is 31.5. The molecule has 13 rings (SSSR count). The lowest BCUT2D eigenvalue weighted by Crippen LogP contribution is -2.08. The second-order valence-corrected chi connectivity index (χ2v) is 15.6. The fraction of sp³-hybridized carbons (Fsp3) is 0.0182. The first-order valence-electron chi connectivity index (χ1n) is 20.0. The van der Waals surface area contributed by atoms with E-state index in [0.717, 1.165) is 5.75 Å². The van der Waals surface area contributed by atoms with Crippen LogP contribution >= 0.6 is 0 Å². The average Bonchev–Trinajstić information content (AvgIpc) is 3.76. The number of nitrogens with zero attached hydrogens (tertiary/aromatic N) is 2. The molecule has 2 aliphatic rings. The highest BCUT2D eigenvalue weighted by Crippen LogP contribution is 2.52. The predicted octanol–water partition coefficient (Wildman–Crippen LogP) is 14.4. The SMILES string of the molecule is c1ccc(-c2cccc(-c3ccccc3-n3c4ccccc4c4cc(-c5ccc6c(c5)c5cccc7c5n6-c5cccc6c5-c5c(cccc5-7)CO6)ccc43)c2)cc1. The number of rotatable bonds is 4. The van der Waals surface area contributed by atoms with Gasteiger partial charge in [0.1, 0.15) is 12.4 Å². The van der Waals surface area contributed by atoms with E-state index in [0.29, 0.717) is 6.61 Å². The monoisotopic (exact) mass is 738 g/mol. The van der Waals surface area contributed by atoms with Crippen LogP contribution in [0.15, 0.2) is 194 Å². The minimum atomic E-state index is 0.590. The summed E-state index contributed by atoms with van der Waals surface area (Å²) in [6.45, 7) is 0.590. The molecule has 2 aliphatic heterocycles. The van der Waals surface area contributed by atoms with Gasteiger partial charge < -0.3 is 13.9 Å². The van der Waals surface area contributed by atoms with Crippen molar-refractivity contribution in [3.8, 4) is 72.8 Å². The minimum absolute atomic E-state index is 0.590. The van der Waals surface area contributed by atoms with Crippen LogP contribution in [0.3, 0.4) is 0 Å². The highest BCUT2D eigenvalue weighted by atomic mass is 16.5. The summed E-state index contributed by atoms with van der Waals surface area (Å²) in [6, 6.07) is 71.2. The van der Waals surface area contributed by atoms with Gasteiger partial charge in [-0.1, -0.05) is 140 Å². The lowest BCUT2D eigenvalue weighted by molar-refractivity contribution is 0.302. The number of aromatic nitrogens is 2. The van der Waals surface area contributed by atoms with Crippen LogP contribution in [0.1, 0.15) is 5.56 Å². The van der Waals surface area contributed by atoms with Crippen LogP contribution in [0, 0.1) is 0 Å². The van der Waals surface area contributed by atoms with Gasteiger partial charge in [0.2, 0.25) is 0 Å². The van der Waals surface area contributed by atoms with E-state index in [1.165, 1.54) is 116 Å². The van der Waals surface area contributed by atoms with Gasteiger partial charge in [0.25, 0.3) is 0 Å². The van der Waals surface area contributed by atoms with Crippen molar-refractivity contribution in [2.45, 2.75) is 6.61 Å². The molecule has 3 heteroatoms. The molecule has 0 spiro atoms. The molecule has 0 fully saturated rings. The summed E-state index contributed by atoms with van der Waals surface area (Å²) in [5.74, 6) is 0.952. The second-order valence-electron chi connectivity index (χ2n) is 15.6. The van der Waals surface area contributed by atoms with Crippen molar-refractivity contribution in [2.24, 2.45) is 0 Å². The van der Waals surface area contributed by atoms with Crippen molar-refractivity contribution in [2.75, 3.05) is 0 Å². The molecule has 0 radical (unpaired) electrons. The van der Waals surface area contributed by atoms with E-state index in [1.807, 2.05) is 0 Å². The zero-order valence-electron chi connectivity index (χ0n) is 31.5. The molecule has 0 saturated carbocycles. The molecular weight excluding hydrogens is 705 g/mol. The first kappa shape index (κ1) is 31.6. The summed E-state index contributed by atoms with van der Waals surface area (Å²) in [5, 5.41) is 4.99. The molecule has 9 aromatic carbocycles. The first-order valence-corrected chi connectivity index (χ1v) is 20.0. The van der Waals surface area contributed by atoms with Gasteiger partial charge in [-0.15, -0.1) is 0 Å². The lowest BCUT2D eigenvalue weighted by atomic mass is 9.88.